The van der Waals surface area contributed by atoms with Gasteiger partial charge in [-0.2, -0.15) is 5.10 Å². The second-order valence-electron chi connectivity index (χ2n) is 8.58. The first-order chi connectivity index (χ1) is 14.3. The van der Waals surface area contributed by atoms with E-state index in [1.807, 2.05) is 43.7 Å². The summed E-state index contributed by atoms with van der Waals surface area (Å²) in [5, 5.41) is 7.36. The van der Waals surface area contributed by atoms with E-state index in [0.29, 0.717) is 0 Å². The molecule has 2 atom stereocenters. The zero-order valence-corrected chi connectivity index (χ0v) is 18.8. The highest BCUT2D eigenvalue weighted by Gasteiger charge is 2.31. The summed E-state index contributed by atoms with van der Waals surface area (Å²) in [5.41, 5.74) is 3.06. The third-order valence-electron chi connectivity index (χ3n) is 6.40. The van der Waals surface area contributed by atoms with Crippen LogP contribution in [0.2, 0.25) is 0 Å². The molecule has 0 bridgehead atoms. The fourth-order valence-electron chi connectivity index (χ4n) is 4.19. The van der Waals surface area contributed by atoms with Crippen LogP contribution < -0.4 is 5.32 Å². The van der Waals surface area contributed by atoms with Gasteiger partial charge in [-0.25, -0.2) is 4.68 Å². The molecule has 1 amide bonds. The average Bonchev–Trinajstić information content (AvgIpc) is 3.20. The monoisotopic (exact) mass is 410 g/mol. The lowest BCUT2D eigenvalue weighted by Crippen LogP contribution is -2.47. The molecule has 6 heteroatoms. The Morgan fingerprint density at radius 1 is 1.17 bits per heavy atom. The molecular formula is C24H34N4O2. The first-order valence-electron chi connectivity index (χ1n) is 11.0. The molecule has 0 unspecified atom stereocenters. The smallest absolute Gasteiger partial charge is 0.242 e. The summed E-state index contributed by atoms with van der Waals surface area (Å²) in [6, 6.07) is 7.85. The predicted molar refractivity (Wildman–Crippen MR) is 120 cm³/mol. The number of aromatic nitrogens is 2. The summed E-state index contributed by atoms with van der Waals surface area (Å²) in [7, 11) is 0. The molecule has 1 aromatic carbocycles. The van der Waals surface area contributed by atoms with E-state index in [1.165, 1.54) is 5.56 Å². The lowest BCUT2D eigenvalue weighted by Gasteiger charge is -2.35. The lowest BCUT2D eigenvalue weighted by molar-refractivity contribution is -0.121. The third-order valence-corrected chi connectivity index (χ3v) is 6.40. The molecule has 2 aromatic rings. The van der Waals surface area contributed by atoms with Gasteiger partial charge in [0, 0.05) is 17.5 Å². The van der Waals surface area contributed by atoms with Gasteiger partial charge in [0.15, 0.2) is 5.78 Å². The van der Waals surface area contributed by atoms with Gasteiger partial charge in [-0.05, 0) is 65.6 Å². The molecule has 30 heavy (non-hydrogen) atoms. The van der Waals surface area contributed by atoms with Gasteiger partial charge in [-0.15, -0.1) is 0 Å². The van der Waals surface area contributed by atoms with Crippen molar-refractivity contribution in [1.29, 1.82) is 0 Å². The molecule has 1 aliphatic heterocycles. The standard InChI is InChI=1S/C24H34N4O2/c1-6-18(4)28-22(9-12-25-28)26-24(30)19(5)27-13-10-20(11-14-27)23(29)21-8-7-16(2)15-17(21)3/h7-9,12,15,18-20H,6,10-11,13-14H2,1-5H3,(H,26,30)/t18-,19+/m1/s1. The fraction of sp³-hybridized carbons (Fsp3) is 0.542. The van der Waals surface area contributed by atoms with Gasteiger partial charge in [0.1, 0.15) is 5.82 Å². The molecule has 0 spiro atoms. The average molecular weight is 411 g/mol. The van der Waals surface area contributed by atoms with Crippen molar-refractivity contribution in [2.75, 3.05) is 18.4 Å². The maximum absolute atomic E-state index is 13.0. The maximum Gasteiger partial charge on any atom is 0.242 e. The first-order valence-corrected chi connectivity index (χ1v) is 11.0. The van der Waals surface area contributed by atoms with Gasteiger partial charge < -0.3 is 5.32 Å². The second-order valence-corrected chi connectivity index (χ2v) is 8.58. The topological polar surface area (TPSA) is 67.2 Å². The number of carbonyl (C=O) groups excluding carboxylic acids is 2. The number of carbonyl (C=O) groups is 2. The third kappa shape index (κ3) is 4.81. The van der Waals surface area contributed by atoms with Crippen molar-refractivity contribution in [2.45, 2.75) is 66.0 Å². The summed E-state index contributed by atoms with van der Waals surface area (Å²) >= 11 is 0. The number of amides is 1. The van der Waals surface area contributed by atoms with E-state index in [0.717, 1.165) is 49.3 Å². The van der Waals surface area contributed by atoms with Crippen molar-refractivity contribution >= 4 is 17.5 Å². The Kier molecular flexibility index (Phi) is 7.08. The number of nitrogens with zero attached hydrogens (tertiary/aromatic N) is 3. The highest BCUT2D eigenvalue weighted by atomic mass is 16.2. The zero-order valence-electron chi connectivity index (χ0n) is 18.8. The number of benzene rings is 1. The van der Waals surface area contributed by atoms with Crippen LogP contribution in [-0.2, 0) is 4.79 Å². The quantitative estimate of drug-likeness (QED) is 0.687. The summed E-state index contributed by atoms with van der Waals surface area (Å²) in [5.74, 6) is 0.979. The van der Waals surface area contributed by atoms with E-state index >= 15 is 0 Å². The van der Waals surface area contributed by atoms with E-state index in [2.05, 4.69) is 35.2 Å². The van der Waals surface area contributed by atoms with Crippen LogP contribution in [0.3, 0.4) is 0 Å². The van der Waals surface area contributed by atoms with Crippen LogP contribution in [0.5, 0.6) is 0 Å². The molecule has 6 nitrogen and oxygen atoms in total. The highest BCUT2D eigenvalue weighted by molar-refractivity contribution is 5.99. The number of rotatable bonds is 7. The zero-order chi connectivity index (χ0) is 21.8. The molecule has 1 saturated heterocycles. The molecule has 2 heterocycles. The SMILES string of the molecule is CC[C@@H](C)n1nccc1NC(=O)[C@H](C)N1CCC(C(=O)c2ccc(C)cc2C)CC1. The molecule has 3 rings (SSSR count). The molecule has 0 radical (unpaired) electrons. The Balaban J connectivity index is 1.57. The van der Waals surface area contributed by atoms with E-state index in [4.69, 9.17) is 0 Å². The summed E-state index contributed by atoms with van der Waals surface area (Å²) in [6.45, 7) is 11.7. The van der Waals surface area contributed by atoms with Crippen LogP contribution in [0, 0.1) is 19.8 Å². The Morgan fingerprint density at radius 3 is 2.50 bits per heavy atom. The van der Waals surface area contributed by atoms with E-state index in [1.54, 1.807) is 6.20 Å². The van der Waals surface area contributed by atoms with Crippen LogP contribution in [0.25, 0.3) is 0 Å². The minimum Gasteiger partial charge on any atom is -0.310 e. The number of Topliss-reactive ketones (excluding diaryl/α,β-unsaturated/α-hetero) is 1. The lowest BCUT2D eigenvalue weighted by atomic mass is 9.86. The van der Waals surface area contributed by atoms with Gasteiger partial charge in [0.2, 0.25) is 5.91 Å². The minimum atomic E-state index is -0.248. The number of piperidine rings is 1. The van der Waals surface area contributed by atoms with Crippen molar-refractivity contribution in [3.05, 3.63) is 47.2 Å². The number of nitrogens with one attached hydrogen (secondary N) is 1. The predicted octanol–water partition coefficient (Wildman–Crippen LogP) is 4.39. The van der Waals surface area contributed by atoms with Gasteiger partial charge in [-0.1, -0.05) is 30.7 Å². The van der Waals surface area contributed by atoms with Crippen molar-refractivity contribution in [3.8, 4) is 0 Å². The summed E-state index contributed by atoms with van der Waals surface area (Å²) < 4.78 is 1.86. The Morgan fingerprint density at radius 2 is 1.87 bits per heavy atom. The molecule has 1 aromatic heterocycles. The number of aryl methyl sites for hydroxylation is 2. The summed E-state index contributed by atoms with van der Waals surface area (Å²) in [6.07, 6.45) is 4.24. The minimum absolute atomic E-state index is 0.0285. The second kappa shape index (κ2) is 9.56. The number of hydrogen-bond donors (Lipinski definition) is 1. The molecule has 1 aliphatic rings. The largest absolute Gasteiger partial charge is 0.310 e. The van der Waals surface area contributed by atoms with E-state index in [9.17, 15) is 9.59 Å². The van der Waals surface area contributed by atoms with Crippen LogP contribution in [0.1, 0.15) is 67.6 Å². The van der Waals surface area contributed by atoms with Crippen LogP contribution in [0.4, 0.5) is 5.82 Å². The van der Waals surface area contributed by atoms with E-state index in [-0.39, 0.29) is 29.7 Å². The Labute approximate surface area is 179 Å². The summed E-state index contributed by atoms with van der Waals surface area (Å²) in [4.78, 5) is 28.0. The number of hydrogen-bond acceptors (Lipinski definition) is 4. The van der Waals surface area contributed by atoms with Crippen molar-refractivity contribution in [2.24, 2.45) is 5.92 Å². The van der Waals surface area contributed by atoms with Crippen molar-refractivity contribution in [3.63, 3.8) is 0 Å². The molecule has 162 valence electrons. The van der Waals surface area contributed by atoms with Gasteiger partial charge in [-0.3, -0.25) is 14.5 Å². The molecular weight excluding hydrogens is 376 g/mol. The number of ketones is 1. The van der Waals surface area contributed by atoms with Crippen molar-refractivity contribution in [1.82, 2.24) is 14.7 Å². The molecule has 1 N–H and O–H groups in total. The molecule has 1 fully saturated rings. The van der Waals surface area contributed by atoms with Crippen LogP contribution >= 0.6 is 0 Å². The van der Waals surface area contributed by atoms with Crippen LogP contribution in [0.15, 0.2) is 30.5 Å². The maximum atomic E-state index is 13.0. The number of likely N-dealkylation sites (tertiary alicyclic amines) is 1. The molecule has 0 saturated carbocycles. The van der Waals surface area contributed by atoms with Crippen molar-refractivity contribution < 1.29 is 9.59 Å². The normalized spacial score (nSPS) is 17.5. The highest BCUT2D eigenvalue weighted by Crippen LogP contribution is 2.25. The first kappa shape index (κ1) is 22.2. The number of anilines is 1. The van der Waals surface area contributed by atoms with Crippen LogP contribution in [-0.4, -0.2) is 45.5 Å². The fourth-order valence-corrected chi connectivity index (χ4v) is 4.19. The van der Waals surface area contributed by atoms with E-state index < -0.39 is 0 Å². The molecule has 0 aliphatic carbocycles. The Bertz CT molecular complexity index is 896. The van der Waals surface area contributed by atoms with Gasteiger partial charge >= 0.3 is 0 Å². The van der Waals surface area contributed by atoms with Gasteiger partial charge in [0.05, 0.1) is 18.3 Å². The van der Waals surface area contributed by atoms with Gasteiger partial charge in [0.25, 0.3) is 0 Å². The Hall–Kier alpha value is -2.47.